The first-order valence-corrected chi connectivity index (χ1v) is 7.64. The molecule has 0 aliphatic heterocycles. The van der Waals surface area contributed by atoms with E-state index in [9.17, 15) is 0 Å². The number of hydrogen-bond donors (Lipinski definition) is 1. The zero-order valence-corrected chi connectivity index (χ0v) is 13.2. The zero-order chi connectivity index (χ0) is 15.4. The molecular weight excluding hydrogens is 254 g/mol. The van der Waals surface area contributed by atoms with Gasteiger partial charge in [-0.05, 0) is 48.4 Å². The molecule has 1 aromatic carbocycles. The third kappa shape index (κ3) is 3.36. The predicted octanol–water partition coefficient (Wildman–Crippen LogP) is 5.33. The molecule has 0 spiro atoms. The van der Waals surface area contributed by atoms with E-state index in [-0.39, 0.29) is 0 Å². The maximum Gasteiger partial charge on any atom is 0.0519 e. The highest BCUT2D eigenvalue weighted by Crippen LogP contribution is 2.34. The van der Waals surface area contributed by atoms with Gasteiger partial charge in [-0.1, -0.05) is 62.6 Å². The second-order valence-electron chi connectivity index (χ2n) is 5.68. The van der Waals surface area contributed by atoms with Crippen LogP contribution in [-0.4, -0.2) is 0 Å². The van der Waals surface area contributed by atoms with Crippen LogP contribution in [0.4, 0.5) is 0 Å². The molecule has 1 atom stereocenters. The van der Waals surface area contributed by atoms with Crippen molar-refractivity contribution in [2.75, 3.05) is 0 Å². The van der Waals surface area contributed by atoms with Crippen molar-refractivity contribution in [3.63, 3.8) is 0 Å². The summed E-state index contributed by atoms with van der Waals surface area (Å²) in [7, 11) is 0. The average Bonchev–Trinajstić information content (AvgIpc) is 2.86. The molecule has 1 nitrogen and oxygen atoms in total. The summed E-state index contributed by atoms with van der Waals surface area (Å²) in [4.78, 5) is 0. The van der Waals surface area contributed by atoms with Gasteiger partial charge in [-0.15, -0.1) is 0 Å². The molecule has 0 saturated carbocycles. The number of allylic oxidation sites excluding steroid dienone is 3. The minimum Gasteiger partial charge on any atom is -0.378 e. The Bertz CT molecular complexity index is 604. The van der Waals surface area contributed by atoms with Crippen molar-refractivity contribution in [3.8, 4) is 0 Å². The van der Waals surface area contributed by atoms with E-state index in [2.05, 4.69) is 63.2 Å². The lowest BCUT2D eigenvalue weighted by Gasteiger charge is -2.18. The molecule has 0 aromatic heterocycles. The zero-order valence-electron chi connectivity index (χ0n) is 13.2. The topological polar surface area (TPSA) is 12.0 Å². The van der Waals surface area contributed by atoms with E-state index < -0.39 is 0 Å². The molecule has 0 heterocycles. The van der Waals surface area contributed by atoms with Crippen LogP contribution < -0.4 is 5.32 Å². The van der Waals surface area contributed by atoms with E-state index >= 15 is 0 Å². The van der Waals surface area contributed by atoms with Crippen molar-refractivity contribution in [1.82, 2.24) is 5.32 Å². The molecule has 1 N–H and O–H groups in total. The van der Waals surface area contributed by atoms with Crippen LogP contribution in [0, 0.1) is 0 Å². The van der Waals surface area contributed by atoms with Crippen molar-refractivity contribution < 1.29 is 0 Å². The minimum absolute atomic E-state index is 0.354. The van der Waals surface area contributed by atoms with E-state index in [1.54, 1.807) is 0 Å². The third-order valence-electron chi connectivity index (χ3n) is 4.05. The Labute approximate surface area is 128 Å². The van der Waals surface area contributed by atoms with Gasteiger partial charge >= 0.3 is 0 Å². The Morgan fingerprint density at radius 1 is 1.38 bits per heavy atom. The lowest BCUT2D eigenvalue weighted by Crippen LogP contribution is -2.18. The van der Waals surface area contributed by atoms with Gasteiger partial charge in [-0.3, -0.25) is 0 Å². The lowest BCUT2D eigenvalue weighted by atomic mass is 10.0. The van der Waals surface area contributed by atoms with Crippen LogP contribution in [0.5, 0.6) is 0 Å². The SMILES string of the molecule is C=C/C(=C\CC)C(=C)NC1CCc2cc(C(=C)C)ccc21. The molecule has 0 fully saturated rings. The average molecular weight is 279 g/mol. The Morgan fingerprint density at radius 3 is 2.76 bits per heavy atom. The molecule has 1 aliphatic rings. The van der Waals surface area contributed by atoms with Crippen LogP contribution in [0.2, 0.25) is 0 Å². The highest BCUT2D eigenvalue weighted by molar-refractivity contribution is 5.63. The van der Waals surface area contributed by atoms with Gasteiger partial charge in [0.2, 0.25) is 0 Å². The highest BCUT2D eigenvalue weighted by atomic mass is 14.9. The van der Waals surface area contributed by atoms with Crippen LogP contribution in [-0.2, 0) is 6.42 Å². The second-order valence-corrected chi connectivity index (χ2v) is 5.68. The first-order chi connectivity index (χ1) is 10.1. The standard InChI is InChI=1S/C20H25N/c1-6-8-16(7-2)15(5)21-20-12-10-18-13-17(14(3)4)9-11-19(18)20/h7-9,11,13,20-21H,2-3,5-6,10,12H2,1,4H3/b16-8+. The van der Waals surface area contributed by atoms with Crippen molar-refractivity contribution in [2.45, 2.75) is 39.2 Å². The number of hydrogen-bond acceptors (Lipinski definition) is 1. The van der Waals surface area contributed by atoms with E-state index in [0.29, 0.717) is 6.04 Å². The van der Waals surface area contributed by atoms with Crippen molar-refractivity contribution >= 4 is 5.57 Å². The Balaban J connectivity index is 2.16. The number of benzene rings is 1. The van der Waals surface area contributed by atoms with Crippen LogP contribution in [0.1, 0.15) is 49.4 Å². The van der Waals surface area contributed by atoms with E-state index in [4.69, 9.17) is 0 Å². The van der Waals surface area contributed by atoms with Crippen LogP contribution in [0.25, 0.3) is 5.57 Å². The van der Waals surface area contributed by atoms with Gasteiger partial charge in [0.25, 0.3) is 0 Å². The van der Waals surface area contributed by atoms with Gasteiger partial charge in [-0.2, -0.15) is 0 Å². The summed E-state index contributed by atoms with van der Waals surface area (Å²) in [6.45, 7) is 16.2. The molecule has 0 saturated heterocycles. The number of fused-ring (bicyclic) bond motifs is 1. The van der Waals surface area contributed by atoms with Gasteiger partial charge in [0.15, 0.2) is 0 Å². The van der Waals surface area contributed by atoms with Crippen LogP contribution >= 0.6 is 0 Å². The third-order valence-corrected chi connectivity index (χ3v) is 4.05. The van der Waals surface area contributed by atoms with Crippen LogP contribution in [0.15, 0.2) is 61.4 Å². The lowest BCUT2D eigenvalue weighted by molar-refractivity contribution is 0.599. The minimum atomic E-state index is 0.354. The van der Waals surface area contributed by atoms with Crippen molar-refractivity contribution in [1.29, 1.82) is 0 Å². The van der Waals surface area contributed by atoms with Gasteiger partial charge in [0, 0.05) is 5.70 Å². The molecule has 1 aromatic rings. The fourth-order valence-electron chi connectivity index (χ4n) is 2.88. The highest BCUT2D eigenvalue weighted by Gasteiger charge is 2.23. The summed E-state index contributed by atoms with van der Waals surface area (Å²) in [6.07, 6.45) is 7.25. The molecule has 1 unspecified atom stereocenters. The van der Waals surface area contributed by atoms with Gasteiger partial charge in [0.05, 0.1) is 6.04 Å². The molecule has 0 radical (unpaired) electrons. The van der Waals surface area contributed by atoms with E-state index in [1.165, 1.54) is 16.7 Å². The largest absolute Gasteiger partial charge is 0.378 e. The number of nitrogens with one attached hydrogen (secondary N) is 1. The summed E-state index contributed by atoms with van der Waals surface area (Å²) in [5, 5.41) is 3.56. The van der Waals surface area contributed by atoms with E-state index in [0.717, 1.165) is 36.1 Å². The smallest absolute Gasteiger partial charge is 0.0519 e. The quantitative estimate of drug-likeness (QED) is 0.694. The first-order valence-electron chi connectivity index (χ1n) is 7.64. The summed E-state index contributed by atoms with van der Waals surface area (Å²) < 4.78 is 0. The predicted molar refractivity (Wildman–Crippen MR) is 93.1 cm³/mol. The second kappa shape index (κ2) is 6.62. The molecule has 21 heavy (non-hydrogen) atoms. The maximum atomic E-state index is 4.16. The monoisotopic (exact) mass is 279 g/mol. The molecule has 1 heteroatoms. The summed E-state index contributed by atoms with van der Waals surface area (Å²) in [5.41, 5.74) is 7.25. The van der Waals surface area contributed by atoms with Gasteiger partial charge in [0.1, 0.15) is 0 Å². The molecule has 0 bridgehead atoms. The number of aryl methyl sites for hydroxylation is 1. The first kappa shape index (κ1) is 15.4. The Morgan fingerprint density at radius 2 is 2.14 bits per heavy atom. The molecule has 2 rings (SSSR count). The summed E-state index contributed by atoms with van der Waals surface area (Å²) in [6, 6.07) is 7.03. The fourth-order valence-corrected chi connectivity index (χ4v) is 2.88. The molecular formula is C20H25N. The number of rotatable bonds is 6. The maximum absolute atomic E-state index is 4.16. The van der Waals surface area contributed by atoms with Gasteiger partial charge < -0.3 is 5.32 Å². The molecule has 0 amide bonds. The molecule has 110 valence electrons. The van der Waals surface area contributed by atoms with Crippen molar-refractivity contribution in [3.05, 3.63) is 78.0 Å². The van der Waals surface area contributed by atoms with E-state index in [1.807, 2.05) is 6.08 Å². The van der Waals surface area contributed by atoms with Gasteiger partial charge in [-0.25, -0.2) is 0 Å². The normalized spacial score (nSPS) is 17.2. The molecule has 1 aliphatic carbocycles. The Hall–Kier alpha value is -2.02. The fraction of sp³-hybridized carbons (Fsp3) is 0.300. The summed E-state index contributed by atoms with van der Waals surface area (Å²) >= 11 is 0. The Kier molecular flexibility index (Phi) is 4.85. The van der Waals surface area contributed by atoms with Crippen LogP contribution in [0.3, 0.4) is 0 Å². The van der Waals surface area contributed by atoms with Crippen molar-refractivity contribution in [2.24, 2.45) is 0 Å². The summed E-state index contributed by atoms with van der Waals surface area (Å²) in [5.74, 6) is 0.